The first-order valence-electron chi connectivity index (χ1n) is 4.58. The number of nitrogens with one attached hydrogen (secondary N) is 1. The van der Waals surface area contributed by atoms with Crippen LogP contribution in [0.5, 0.6) is 0 Å². The summed E-state index contributed by atoms with van der Waals surface area (Å²) in [6, 6.07) is 0.282. The van der Waals surface area contributed by atoms with Gasteiger partial charge in [-0.1, -0.05) is 0 Å². The predicted molar refractivity (Wildman–Crippen MR) is 50.6 cm³/mol. The first-order valence-corrected chi connectivity index (χ1v) is 4.58. The molecule has 0 aliphatic heterocycles. The molecule has 0 bridgehead atoms. The van der Waals surface area contributed by atoms with Crippen LogP contribution in [-0.2, 0) is 14.3 Å². The summed E-state index contributed by atoms with van der Waals surface area (Å²) < 4.78 is 9.67. The molecule has 78 valence electrons. The van der Waals surface area contributed by atoms with E-state index in [0.717, 1.165) is 6.42 Å². The molecular formula is C9H19NO3. The van der Waals surface area contributed by atoms with Gasteiger partial charge >= 0.3 is 5.97 Å². The van der Waals surface area contributed by atoms with Gasteiger partial charge in [-0.25, -0.2) is 0 Å². The number of esters is 1. The molecule has 1 unspecified atom stereocenters. The molecule has 4 nitrogen and oxygen atoms in total. The van der Waals surface area contributed by atoms with Gasteiger partial charge in [0, 0.05) is 19.8 Å². The van der Waals surface area contributed by atoms with Gasteiger partial charge in [0.1, 0.15) is 0 Å². The van der Waals surface area contributed by atoms with Crippen molar-refractivity contribution < 1.29 is 14.3 Å². The van der Waals surface area contributed by atoms with Crippen molar-refractivity contribution in [3.63, 3.8) is 0 Å². The van der Waals surface area contributed by atoms with E-state index in [4.69, 9.17) is 9.47 Å². The summed E-state index contributed by atoms with van der Waals surface area (Å²) in [5.74, 6) is -0.202. The zero-order valence-electron chi connectivity index (χ0n) is 8.63. The van der Waals surface area contributed by atoms with Crippen LogP contribution in [0, 0.1) is 0 Å². The molecule has 1 atom stereocenters. The van der Waals surface area contributed by atoms with Crippen molar-refractivity contribution in [1.82, 2.24) is 5.32 Å². The van der Waals surface area contributed by atoms with Gasteiger partial charge in [0.2, 0.25) is 0 Å². The van der Waals surface area contributed by atoms with Crippen LogP contribution in [-0.4, -0.2) is 38.9 Å². The number of hydrogen-bond donors (Lipinski definition) is 1. The van der Waals surface area contributed by atoms with E-state index in [1.165, 1.54) is 0 Å². The van der Waals surface area contributed by atoms with Crippen LogP contribution in [0.2, 0.25) is 0 Å². The van der Waals surface area contributed by atoms with Crippen LogP contribution in [0.25, 0.3) is 0 Å². The summed E-state index contributed by atoms with van der Waals surface area (Å²) in [5, 5.41) is 3.05. The number of carbonyl (C=O) groups is 1. The fraction of sp³-hybridized carbons (Fsp3) is 0.889. The van der Waals surface area contributed by atoms with Crippen molar-refractivity contribution in [2.75, 3.05) is 26.9 Å². The quantitative estimate of drug-likeness (QED) is 0.595. The molecular weight excluding hydrogens is 170 g/mol. The third-order valence-corrected chi connectivity index (χ3v) is 1.66. The Balaban J connectivity index is 3.34. The Bertz CT molecular complexity index is 139. The van der Waals surface area contributed by atoms with E-state index < -0.39 is 0 Å². The summed E-state index contributed by atoms with van der Waals surface area (Å²) in [4.78, 5) is 10.9. The zero-order valence-corrected chi connectivity index (χ0v) is 8.63. The summed E-state index contributed by atoms with van der Waals surface area (Å²) in [5.41, 5.74) is 0. The molecule has 0 aromatic carbocycles. The Morgan fingerprint density at radius 1 is 1.54 bits per heavy atom. The van der Waals surface area contributed by atoms with Gasteiger partial charge in [-0.2, -0.15) is 0 Å². The van der Waals surface area contributed by atoms with Gasteiger partial charge in [0.05, 0.1) is 13.2 Å². The minimum Gasteiger partial charge on any atom is -0.465 e. The van der Waals surface area contributed by atoms with E-state index in [1.807, 2.05) is 6.92 Å². The van der Waals surface area contributed by atoms with Crippen LogP contribution in [0.3, 0.4) is 0 Å². The maximum atomic E-state index is 10.9. The van der Waals surface area contributed by atoms with Gasteiger partial charge in [0.15, 0.2) is 0 Å². The molecule has 4 heteroatoms. The lowest BCUT2D eigenvalue weighted by Crippen LogP contribution is -2.33. The fourth-order valence-electron chi connectivity index (χ4n) is 0.866. The Kier molecular flexibility index (Phi) is 7.63. The first-order chi connectivity index (χ1) is 6.20. The smallest absolute Gasteiger partial charge is 0.319 e. The standard InChI is InChI=1S/C9H19NO3/c1-4-13-9(11)7-10-8(2)5-6-12-3/h8,10H,4-7H2,1-3H3. The highest BCUT2D eigenvalue weighted by molar-refractivity contribution is 5.71. The highest BCUT2D eigenvalue weighted by Crippen LogP contribution is 1.90. The van der Waals surface area contributed by atoms with Gasteiger partial charge in [-0.05, 0) is 20.3 Å². The number of hydrogen-bond acceptors (Lipinski definition) is 4. The Labute approximate surface area is 79.6 Å². The molecule has 0 aliphatic rings. The van der Waals surface area contributed by atoms with E-state index in [-0.39, 0.29) is 18.6 Å². The highest BCUT2D eigenvalue weighted by Gasteiger charge is 2.04. The van der Waals surface area contributed by atoms with Crippen LogP contribution >= 0.6 is 0 Å². The van der Waals surface area contributed by atoms with Gasteiger partial charge in [-0.15, -0.1) is 0 Å². The average Bonchev–Trinajstić information content (AvgIpc) is 2.12. The largest absolute Gasteiger partial charge is 0.465 e. The van der Waals surface area contributed by atoms with Crippen molar-refractivity contribution >= 4 is 5.97 Å². The molecule has 0 spiro atoms. The van der Waals surface area contributed by atoms with E-state index >= 15 is 0 Å². The summed E-state index contributed by atoms with van der Waals surface area (Å²) in [6.07, 6.45) is 0.899. The molecule has 0 amide bonds. The third-order valence-electron chi connectivity index (χ3n) is 1.66. The molecule has 0 fully saturated rings. The second kappa shape index (κ2) is 8.01. The van der Waals surface area contributed by atoms with Crippen molar-refractivity contribution in [3.05, 3.63) is 0 Å². The lowest BCUT2D eigenvalue weighted by atomic mass is 10.2. The SMILES string of the molecule is CCOC(=O)CNC(C)CCOC. The molecule has 0 aromatic rings. The molecule has 13 heavy (non-hydrogen) atoms. The van der Waals surface area contributed by atoms with Crippen LogP contribution < -0.4 is 5.32 Å². The molecule has 0 aromatic heterocycles. The topological polar surface area (TPSA) is 47.6 Å². The fourth-order valence-corrected chi connectivity index (χ4v) is 0.866. The molecule has 0 rings (SSSR count). The molecule has 1 N–H and O–H groups in total. The normalized spacial score (nSPS) is 12.5. The molecule has 0 saturated heterocycles. The first kappa shape index (κ1) is 12.4. The Morgan fingerprint density at radius 2 is 2.23 bits per heavy atom. The summed E-state index contributed by atoms with van der Waals surface area (Å²) in [7, 11) is 1.66. The Hall–Kier alpha value is -0.610. The minimum atomic E-state index is -0.202. The minimum absolute atomic E-state index is 0.202. The second-order valence-electron chi connectivity index (χ2n) is 2.87. The second-order valence-corrected chi connectivity index (χ2v) is 2.87. The predicted octanol–water partition coefficient (Wildman–Crippen LogP) is 0.564. The monoisotopic (exact) mass is 189 g/mol. The number of rotatable bonds is 7. The van der Waals surface area contributed by atoms with E-state index in [1.54, 1.807) is 14.0 Å². The lowest BCUT2D eigenvalue weighted by Gasteiger charge is -2.12. The molecule has 0 aliphatic carbocycles. The number of carbonyl (C=O) groups excluding carboxylic acids is 1. The number of methoxy groups -OCH3 is 1. The van der Waals surface area contributed by atoms with E-state index in [2.05, 4.69) is 5.32 Å². The zero-order chi connectivity index (χ0) is 10.1. The highest BCUT2D eigenvalue weighted by atomic mass is 16.5. The van der Waals surface area contributed by atoms with E-state index in [0.29, 0.717) is 13.2 Å². The van der Waals surface area contributed by atoms with Crippen molar-refractivity contribution in [2.45, 2.75) is 26.3 Å². The van der Waals surface area contributed by atoms with Gasteiger partial charge in [-0.3, -0.25) is 4.79 Å². The van der Waals surface area contributed by atoms with Crippen molar-refractivity contribution in [1.29, 1.82) is 0 Å². The molecule has 0 radical (unpaired) electrons. The van der Waals surface area contributed by atoms with Crippen molar-refractivity contribution in [3.8, 4) is 0 Å². The third kappa shape index (κ3) is 7.74. The van der Waals surface area contributed by atoms with Gasteiger partial charge in [0.25, 0.3) is 0 Å². The van der Waals surface area contributed by atoms with Crippen LogP contribution in [0.15, 0.2) is 0 Å². The summed E-state index contributed by atoms with van der Waals surface area (Å²) in [6.45, 7) is 5.23. The molecule has 0 heterocycles. The maximum Gasteiger partial charge on any atom is 0.319 e. The van der Waals surface area contributed by atoms with Gasteiger partial charge < -0.3 is 14.8 Å². The number of ether oxygens (including phenoxy) is 2. The van der Waals surface area contributed by atoms with Crippen molar-refractivity contribution in [2.24, 2.45) is 0 Å². The van der Waals surface area contributed by atoms with Crippen LogP contribution in [0.4, 0.5) is 0 Å². The Morgan fingerprint density at radius 3 is 2.77 bits per heavy atom. The molecule has 0 saturated carbocycles. The maximum absolute atomic E-state index is 10.9. The van der Waals surface area contributed by atoms with E-state index in [9.17, 15) is 4.79 Å². The van der Waals surface area contributed by atoms with Crippen LogP contribution in [0.1, 0.15) is 20.3 Å². The average molecular weight is 189 g/mol. The lowest BCUT2D eigenvalue weighted by molar-refractivity contribution is -0.142. The summed E-state index contributed by atoms with van der Waals surface area (Å²) >= 11 is 0.